The van der Waals surface area contributed by atoms with Gasteiger partial charge in [0.1, 0.15) is 5.82 Å². The Morgan fingerprint density at radius 3 is 2.89 bits per heavy atom. The topological polar surface area (TPSA) is 64.9 Å². The Labute approximate surface area is 105 Å². The average Bonchev–Trinajstić information content (AvgIpc) is 2.86. The molecule has 0 aliphatic rings. The molecule has 0 saturated heterocycles. The molecule has 1 unspecified atom stereocenters. The Balaban J connectivity index is 2.25. The first-order valence-electron chi connectivity index (χ1n) is 5.97. The molecule has 0 fully saturated rings. The van der Waals surface area contributed by atoms with E-state index in [-0.39, 0.29) is 17.8 Å². The summed E-state index contributed by atoms with van der Waals surface area (Å²) in [5.41, 5.74) is 6.58. The van der Waals surface area contributed by atoms with Crippen molar-refractivity contribution >= 4 is 0 Å². The lowest BCUT2D eigenvalue weighted by Gasteiger charge is -2.12. The van der Waals surface area contributed by atoms with Crippen molar-refractivity contribution in [3.8, 4) is 11.4 Å². The van der Waals surface area contributed by atoms with Crippen molar-refractivity contribution in [2.45, 2.75) is 26.3 Å². The van der Waals surface area contributed by atoms with Gasteiger partial charge in [0.05, 0.1) is 6.04 Å². The van der Waals surface area contributed by atoms with E-state index in [0.29, 0.717) is 17.3 Å². The van der Waals surface area contributed by atoms with Gasteiger partial charge >= 0.3 is 0 Å². The summed E-state index contributed by atoms with van der Waals surface area (Å²) >= 11 is 0. The Kier molecular flexibility index (Phi) is 3.72. The summed E-state index contributed by atoms with van der Waals surface area (Å²) in [5.74, 6) is 0.683. The van der Waals surface area contributed by atoms with Crippen LogP contribution in [0.5, 0.6) is 0 Å². The number of nitrogens with two attached hydrogens (primary N) is 1. The van der Waals surface area contributed by atoms with E-state index in [2.05, 4.69) is 10.1 Å². The summed E-state index contributed by atoms with van der Waals surface area (Å²) < 4.78 is 18.2. The average molecular weight is 249 g/mol. The third-order valence-corrected chi connectivity index (χ3v) is 3.07. The molecule has 0 amide bonds. The van der Waals surface area contributed by atoms with Crippen molar-refractivity contribution in [1.82, 2.24) is 10.1 Å². The van der Waals surface area contributed by atoms with E-state index < -0.39 is 0 Å². The lowest BCUT2D eigenvalue weighted by molar-refractivity contribution is 0.312. The van der Waals surface area contributed by atoms with Gasteiger partial charge in [-0.2, -0.15) is 4.98 Å². The summed E-state index contributed by atoms with van der Waals surface area (Å²) in [6.07, 6.45) is 0.929. The Morgan fingerprint density at radius 1 is 1.44 bits per heavy atom. The van der Waals surface area contributed by atoms with E-state index in [4.69, 9.17) is 10.3 Å². The van der Waals surface area contributed by atoms with E-state index in [9.17, 15) is 4.39 Å². The van der Waals surface area contributed by atoms with Gasteiger partial charge in [-0.25, -0.2) is 4.39 Å². The van der Waals surface area contributed by atoms with Gasteiger partial charge in [0.15, 0.2) is 0 Å². The van der Waals surface area contributed by atoms with Crippen LogP contribution in [0.25, 0.3) is 11.4 Å². The second kappa shape index (κ2) is 5.27. The van der Waals surface area contributed by atoms with Gasteiger partial charge < -0.3 is 10.3 Å². The van der Waals surface area contributed by atoms with Gasteiger partial charge in [-0.05, 0) is 18.1 Å². The molecule has 0 radical (unpaired) electrons. The molecule has 0 spiro atoms. The van der Waals surface area contributed by atoms with Gasteiger partial charge in [-0.1, -0.05) is 37.6 Å². The maximum absolute atomic E-state index is 13.1. The molecule has 0 aliphatic carbocycles. The zero-order chi connectivity index (χ0) is 13.1. The van der Waals surface area contributed by atoms with Crippen LogP contribution in [-0.2, 0) is 0 Å². The molecular weight excluding hydrogens is 233 g/mol. The molecule has 2 rings (SSSR count). The molecule has 2 aromatic rings. The molecule has 96 valence electrons. The molecule has 1 heterocycles. The number of halogens is 1. The molecule has 1 aromatic heterocycles. The predicted octanol–water partition coefficient (Wildman–Crippen LogP) is 2.92. The highest BCUT2D eigenvalue weighted by Crippen LogP contribution is 2.23. The van der Waals surface area contributed by atoms with E-state index in [1.165, 1.54) is 12.1 Å². The zero-order valence-electron chi connectivity index (χ0n) is 10.4. The zero-order valence-corrected chi connectivity index (χ0v) is 10.4. The van der Waals surface area contributed by atoms with Crippen molar-refractivity contribution in [3.05, 3.63) is 36.0 Å². The summed E-state index contributed by atoms with van der Waals surface area (Å²) in [7, 11) is 0. The van der Waals surface area contributed by atoms with Crippen molar-refractivity contribution in [2.24, 2.45) is 11.7 Å². The fourth-order valence-corrected chi connectivity index (χ4v) is 1.61. The van der Waals surface area contributed by atoms with E-state index in [0.717, 1.165) is 6.42 Å². The quantitative estimate of drug-likeness (QED) is 0.904. The van der Waals surface area contributed by atoms with Gasteiger partial charge in [-0.15, -0.1) is 0 Å². The minimum Gasteiger partial charge on any atom is -0.337 e. The molecule has 5 heteroatoms. The van der Waals surface area contributed by atoms with E-state index >= 15 is 0 Å². The lowest BCUT2D eigenvalue weighted by atomic mass is 10.0. The second-order valence-corrected chi connectivity index (χ2v) is 4.38. The SMILES string of the molecule is CCC(C)[C@H](N)c1nc(-c2cccc(F)c2)no1. The molecule has 1 aromatic carbocycles. The summed E-state index contributed by atoms with van der Waals surface area (Å²) in [6.45, 7) is 4.07. The first-order chi connectivity index (χ1) is 8.61. The number of rotatable bonds is 4. The van der Waals surface area contributed by atoms with Crippen LogP contribution in [0.15, 0.2) is 28.8 Å². The molecule has 2 atom stereocenters. The van der Waals surface area contributed by atoms with Crippen LogP contribution >= 0.6 is 0 Å². The standard InChI is InChI=1S/C13H16FN3O/c1-3-8(2)11(15)13-16-12(17-18-13)9-5-4-6-10(14)7-9/h4-8,11H,3,15H2,1-2H3/t8?,11-/m0/s1. The monoisotopic (exact) mass is 249 g/mol. The smallest absolute Gasteiger partial charge is 0.244 e. The van der Waals surface area contributed by atoms with Crippen molar-refractivity contribution < 1.29 is 8.91 Å². The summed E-state index contributed by atoms with van der Waals surface area (Å²) in [6, 6.07) is 5.78. The minimum atomic E-state index is -0.329. The van der Waals surface area contributed by atoms with Crippen LogP contribution in [0.4, 0.5) is 4.39 Å². The third kappa shape index (κ3) is 2.56. The maximum atomic E-state index is 13.1. The van der Waals surface area contributed by atoms with Gasteiger partial charge in [-0.3, -0.25) is 0 Å². The van der Waals surface area contributed by atoms with Gasteiger partial charge in [0.25, 0.3) is 0 Å². The fourth-order valence-electron chi connectivity index (χ4n) is 1.61. The molecule has 0 bridgehead atoms. The van der Waals surface area contributed by atoms with Crippen LogP contribution in [0.3, 0.4) is 0 Å². The van der Waals surface area contributed by atoms with E-state index in [1.807, 2.05) is 13.8 Å². The van der Waals surface area contributed by atoms with Gasteiger partial charge in [0.2, 0.25) is 11.7 Å². The second-order valence-electron chi connectivity index (χ2n) is 4.38. The van der Waals surface area contributed by atoms with Crippen molar-refractivity contribution in [3.63, 3.8) is 0 Å². The first kappa shape index (κ1) is 12.7. The number of benzene rings is 1. The lowest BCUT2D eigenvalue weighted by Crippen LogP contribution is -2.18. The molecule has 18 heavy (non-hydrogen) atoms. The molecular formula is C13H16FN3O. The third-order valence-electron chi connectivity index (χ3n) is 3.07. The number of nitrogens with zero attached hydrogens (tertiary/aromatic N) is 2. The highest BCUT2D eigenvalue weighted by Gasteiger charge is 2.20. The van der Waals surface area contributed by atoms with Gasteiger partial charge in [0, 0.05) is 5.56 Å². The van der Waals surface area contributed by atoms with Crippen LogP contribution in [0.2, 0.25) is 0 Å². The van der Waals surface area contributed by atoms with Crippen molar-refractivity contribution in [1.29, 1.82) is 0 Å². The predicted molar refractivity (Wildman–Crippen MR) is 66.1 cm³/mol. The normalized spacial score (nSPS) is 14.4. The number of hydrogen-bond donors (Lipinski definition) is 1. The largest absolute Gasteiger partial charge is 0.337 e. The Bertz CT molecular complexity index is 526. The molecule has 0 saturated carbocycles. The van der Waals surface area contributed by atoms with Crippen LogP contribution < -0.4 is 5.73 Å². The Hall–Kier alpha value is -1.75. The molecule has 4 nitrogen and oxygen atoms in total. The Morgan fingerprint density at radius 2 is 2.22 bits per heavy atom. The van der Waals surface area contributed by atoms with Crippen LogP contribution in [0.1, 0.15) is 32.2 Å². The number of hydrogen-bond acceptors (Lipinski definition) is 4. The number of aromatic nitrogens is 2. The maximum Gasteiger partial charge on any atom is 0.244 e. The van der Waals surface area contributed by atoms with Crippen molar-refractivity contribution in [2.75, 3.05) is 0 Å². The summed E-state index contributed by atoms with van der Waals surface area (Å²) in [4.78, 5) is 4.22. The fraction of sp³-hybridized carbons (Fsp3) is 0.385. The van der Waals surface area contributed by atoms with Crippen LogP contribution in [-0.4, -0.2) is 10.1 Å². The summed E-state index contributed by atoms with van der Waals surface area (Å²) in [5, 5.41) is 3.83. The highest BCUT2D eigenvalue weighted by molar-refractivity contribution is 5.53. The van der Waals surface area contributed by atoms with E-state index in [1.54, 1.807) is 12.1 Å². The highest BCUT2D eigenvalue weighted by atomic mass is 19.1. The van der Waals surface area contributed by atoms with Crippen LogP contribution in [0, 0.1) is 11.7 Å². The molecule has 2 N–H and O–H groups in total. The minimum absolute atomic E-state index is 0.255. The molecule has 0 aliphatic heterocycles. The first-order valence-corrected chi connectivity index (χ1v) is 5.97.